The van der Waals surface area contributed by atoms with Crippen LogP contribution in [0, 0.1) is 17.8 Å². The van der Waals surface area contributed by atoms with Crippen LogP contribution >= 0.6 is 0 Å². The van der Waals surface area contributed by atoms with Crippen molar-refractivity contribution in [1.29, 1.82) is 0 Å². The van der Waals surface area contributed by atoms with E-state index in [1.807, 2.05) is 36.4 Å². The average Bonchev–Trinajstić information content (AvgIpc) is 2.73. The fraction of sp³-hybridized carbons (Fsp3) is 0.444. The number of hydrogen-bond acceptors (Lipinski definition) is 4. The van der Waals surface area contributed by atoms with Crippen LogP contribution in [0.15, 0.2) is 48.5 Å². The molecule has 0 saturated heterocycles. The lowest BCUT2D eigenvalue weighted by Crippen LogP contribution is -2.08. The van der Waals surface area contributed by atoms with Crippen LogP contribution in [0.5, 0.6) is 17.2 Å². The van der Waals surface area contributed by atoms with Gasteiger partial charge < -0.3 is 14.2 Å². The van der Waals surface area contributed by atoms with E-state index in [2.05, 4.69) is 41.5 Å². The predicted octanol–water partition coefficient (Wildman–Crippen LogP) is 6.69. The molecular weight excluding hydrogens is 388 g/mol. The Morgan fingerprint density at radius 2 is 1.35 bits per heavy atom. The molecule has 0 radical (unpaired) electrons. The Morgan fingerprint density at radius 3 is 2.00 bits per heavy atom. The van der Waals surface area contributed by atoms with E-state index in [0.717, 1.165) is 17.1 Å². The van der Waals surface area contributed by atoms with Crippen LogP contribution in [0.1, 0.15) is 57.5 Å². The SMILES string of the molecule is CC(C)COc1ccc(OCC(C)C)c(C=CC(=O)c2ccccc2OCC(C)C)c1. The molecule has 4 heteroatoms. The second-order valence-corrected chi connectivity index (χ2v) is 9.01. The van der Waals surface area contributed by atoms with Crippen LogP contribution in [-0.4, -0.2) is 25.6 Å². The van der Waals surface area contributed by atoms with Crippen molar-refractivity contribution in [3.63, 3.8) is 0 Å². The topological polar surface area (TPSA) is 44.8 Å². The number of ether oxygens (including phenoxy) is 3. The van der Waals surface area contributed by atoms with Crippen molar-refractivity contribution in [3.8, 4) is 17.2 Å². The second-order valence-electron chi connectivity index (χ2n) is 9.01. The van der Waals surface area contributed by atoms with Gasteiger partial charge in [-0.2, -0.15) is 0 Å². The van der Waals surface area contributed by atoms with Gasteiger partial charge in [0.05, 0.1) is 25.4 Å². The van der Waals surface area contributed by atoms with Crippen molar-refractivity contribution in [1.82, 2.24) is 0 Å². The zero-order valence-corrected chi connectivity index (χ0v) is 19.7. The molecule has 0 atom stereocenters. The minimum atomic E-state index is -0.109. The fourth-order valence-corrected chi connectivity index (χ4v) is 2.71. The molecular formula is C27H36O4. The standard InChI is InChI=1S/C27H36O4/c1-19(2)16-29-23-12-14-26(30-17-20(3)4)22(15-23)11-13-25(28)24-9-7-8-10-27(24)31-18-21(5)6/h7-15,19-21H,16-18H2,1-6H3. The number of carbonyl (C=O) groups is 1. The van der Waals surface area contributed by atoms with E-state index in [1.165, 1.54) is 0 Å². The van der Waals surface area contributed by atoms with Crippen molar-refractivity contribution in [2.24, 2.45) is 17.8 Å². The molecule has 0 bridgehead atoms. The van der Waals surface area contributed by atoms with Gasteiger partial charge in [-0.1, -0.05) is 53.7 Å². The number of para-hydroxylation sites is 1. The summed E-state index contributed by atoms with van der Waals surface area (Å²) in [6.07, 6.45) is 3.36. The molecule has 0 N–H and O–H groups in total. The highest BCUT2D eigenvalue weighted by Gasteiger charge is 2.11. The molecule has 0 fully saturated rings. The molecule has 4 nitrogen and oxygen atoms in total. The Bertz CT molecular complexity index is 865. The van der Waals surface area contributed by atoms with E-state index in [0.29, 0.717) is 48.9 Å². The van der Waals surface area contributed by atoms with Gasteiger partial charge in [-0.15, -0.1) is 0 Å². The maximum Gasteiger partial charge on any atom is 0.189 e. The van der Waals surface area contributed by atoms with E-state index < -0.39 is 0 Å². The number of benzene rings is 2. The number of ketones is 1. The van der Waals surface area contributed by atoms with Gasteiger partial charge in [0.15, 0.2) is 5.78 Å². The van der Waals surface area contributed by atoms with Crippen LogP contribution in [0.25, 0.3) is 6.08 Å². The Morgan fingerprint density at radius 1 is 0.774 bits per heavy atom. The molecule has 0 aliphatic rings. The Kier molecular flexibility index (Phi) is 9.64. The molecule has 2 aromatic carbocycles. The minimum Gasteiger partial charge on any atom is -0.493 e. The lowest BCUT2D eigenvalue weighted by atomic mass is 10.1. The van der Waals surface area contributed by atoms with Gasteiger partial charge >= 0.3 is 0 Å². The fourth-order valence-electron chi connectivity index (χ4n) is 2.71. The summed E-state index contributed by atoms with van der Waals surface area (Å²) in [5.41, 5.74) is 1.37. The quantitative estimate of drug-likeness (QED) is 0.281. The van der Waals surface area contributed by atoms with E-state index in [-0.39, 0.29) is 5.78 Å². The van der Waals surface area contributed by atoms with Crippen molar-refractivity contribution in [3.05, 3.63) is 59.7 Å². The van der Waals surface area contributed by atoms with E-state index in [4.69, 9.17) is 14.2 Å². The van der Waals surface area contributed by atoms with Gasteiger partial charge in [0, 0.05) is 5.56 Å². The predicted molar refractivity (Wildman–Crippen MR) is 127 cm³/mol. The first kappa shape index (κ1) is 24.5. The van der Waals surface area contributed by atoms with Crippen LogP contribution in [0.4, 0.5) is 0 Å². The first-order chi connectivity index (χ1) is 14.8. The maximum absolute atomic E-state index is 12.9. The van der Waals surface area contributed by atoms with Crippen molar-refractivity contribution < 1.29 is 19.0 Å². The van der Waals surface area contributed by atoms with Crippen molar-refractivity contribution in [2.45, 2.75) is 41.5 Å². The average molecular weight is 425 g/mol. The lowest BCUT2D eigenvalue weighted by molar-refractivity contribution is 0.104. The summed E-state index contributed by atoms with van der Waals surface area (Å²) in [6, 6.07) is 13.1. The Balaban J connectivity index is 2.25. The Hall–Kier alpha value is -2.75. The molecule has 0 heterocycles. The zero-order chi connectivity index (χ0) is 22.8. The maximum atomic E-state index is 12.9. The molecule has 2 aromatic rings. The summed E-state index contributed by atoms with van der Waals surface area (Å²) in [5.74, 6) is 3.21. The van der Waals surface area contributed by atoms with Gasteiger partial charge in [-0.05, 0) is 60.2 Å². The second kappa shape index (κ2) is 12.2. The molecule has 0 amide bonds. The number of rotatable bonds is 12. The van der Waals surface area contributed by atoms with Crippen LogP contribution in [-0.2, 0) is 0 Å². The van der Waals surface area contributed by atoms with Gasteiger partial charge in [0.25, 0.3) is 0 Å². The molecule has 0 saturated carbocycles. The van der Waals surface area contributed by atoms with E-state index in [1.54, 1.807) is 18.2 Å². The van der Waals surface area contributed by atoms with Crippen LogP contribution in [0.2, 0.25) is 0 Å². The molecule has 0 aliphatic carbocycles. The highest BCUT2D eigenvalue weighted by atomic mass is 16.5. The van der Waals surface area contributed by atoms with E-state index >= 15 is 0 Å². The van der Waals surface area contributed by atoms with Gasteiger partial charge in [0.1, 0.15) is 17.2 Å². The van der Waals surface area contributed by atoms with Gasteiger partial charge in [0.2, 0.25) is 0 Å². The highest BCUT2D eigenvalue weighted by molar-refractivity contribution is 6.08. The molecule has 0 spiro atoms. The van der Waals surface area contributed by atoms with Crippen molar-refractivity contribution in [2.75, 3.05) is 19.8 Å². The van der Waals surface area contributed by atoms with Crippen LogP contribution in [0.3, 0.4) is 0 Å². The number of hydrogen-bond donors (Lipinski definition) is 0. The largest absolute Gasteiger partial charge is 0.493 e. The zero-order valence-electron chi connectivity index (χ0n) is 19.7. The minimum absolute atomic E-state index is 0.109. The Labute approximate surface area is 187 Å². The summed E-state index contributed by atoms with van der Waals surface area (Å²) in [5, 5.41) is 0. The molecule has 0 aromatic heterocycles. The summed E-state index contributed by atoms with van der Waals surface area (Å²) in [6.45, 7) is 14.4. The normalized spacial score (nSPS) is 11.5. The first-order valence-electron chi connectivity index (χ1n) is 11.1. The lowest BCUT2D eigenvalue weighted by Gasteiger charge is -2.14. The van der Waals surface area contributed by atoms with Gasteiger partial charge in [-0.25, -0.2) is 0 Å². The molecule has 168 valence electrons. The molecule has 2 rings (SSSR count). The monoisotopic (exact) mass is 424 g/mol. The highest BCUT2D eigenvalue weighted by Crippen LogP contribution is 2.27. The molecule has 31 heavy (non-hydrogen) atoms. The number of allylic oxidation sites excluding steroid dienone is 1. The summed E-state index contributed by atoms with van der Waals surface area (Å²) in [4.78, 5) is 12.9. The number of carbonyl (C=O) groups excluding carboxylic acids is 1. The smallest absolute Gasteiger partial charge is 0.189 e. The van der Waals surface area contributed by atoms with Gasteiger partial charge in [-0.3, -0.25) is 4.79 Å². The third kappa shape index (κ3) is 8.49. The first-order valence-corrected chi connectivity index (χ1v) is 11.1. The molecule has 0 aliphatic heterocycles. The van der Waals surface area contributed by atoms with Crippen LogP contribution < -0.4 is 14.2 Å². The summed E-state index contributed by atoms with van der Waals surface area (Å²) in [7, 11) is 0. The third-order valence-electron chi connectivity index (χ3n) is 4.28. The third-order valence-corrected chi connectivity index (χ3v) is 4.28. The van der Waals surface area contributed by atoms with E-state index in [9.17, 15) is 4.79 Å². The summed E-state index contributed by atoms with van der Waals surface area (Å²) < 4.78 is 17.7. The summed E-state index contributed by atoms with van der Waals surface area (Å²) >= 11 is 0. The van der Waals surface area contributed by atoms with Crippen molar-refractivity contribution >= 4 is 11.9 Å². The molecule has 0 unspecified atom stereocenters.